The van der Waals surface area contributed by atoms with Gasteiger partial charge in [0.05, 0.1) is 5.69 Å². The summed E-state index contributed by atoms with van der Waals surface area (Å²) in [6.07, 6.45) is 0. The van der Waals surface area contributed by atoms with Crippen LogP contribution in [0.25, 0.3) is 0 Å². The molecule has 0 atom stereocenters. The lowest BCUT2D eigenvalue weighted by atomic mass is 10.3. The van der Waals surface area contributed by atoms with E-state index >= 15 is 0 Å². The summed E-state index contributed by atoms with van der Waals surface area (Å²) in [5.41, 5.74) is 6.58. The van der Waals surface area contributed by atoms with E-state index in [1.54, 1.807) is 12.1 Å². The summed E-state index contributed by atoms with van der Waals surface area (Å²) in [7, 11) is 0. The Bertz CT molecular complexity index is 293. The fourth-order valence-corrected chi connectivity index (χ4v) is 0.748. The molecule has 0 aliphatic carbocycles. The van der Waals surface area contributed by atoms with Gasteiger partial charge in [0, 0.05) is 0 Å². The van der Waals surface area contributed by atoms with Crippen LogP contribution in [-0.4, -0.2) is 0 Å². The number of anilines is 1. The Morgan fingerprint density at radius 3 is 2.80 bits per heavy atom. The highest BCUT2D eigenvalue weighted by Gasteiger charge is 1.88. The van der Waals surface area contributed by atoms with Crippen molar-refractivity contribution in [2.45, 2.75) is 6.92 Å². The maximum absolute atomic E-state index is 10.8. The van der Waals surface area contributed by atoms with Gasteiger partial charge in [-0.15, -0.1) is 0 Å². The molecule has 1 aromatic rings. The number of hydrogen-bond acceptors (Lipinski definition) is 2. The van der Waals surface area contributed by atoms with Gasteiger partial charge in [-0.2, -0.15) is 0 Å². The Kier molecular flexibility index (Phi) is 1.71. The van der Waals surface area contributed by atoms with Crippen molar-refractivity contribution in [3.63, 3.8) is 0 Å². The molecule has 52 valence electrons. The monoisotopic (exact) mass is 135 g/mol. The van der Waals surface area contributed by atoms with E-state index in [2.05, 4.69) is 0 Å². The molecular weight excluding hydrogens is 126 g/mol. The van der Waals surface area contributed by atoms with E-state index in [4.69, 9.17) is 5.73 Å². The zero-order chi connectivity index (χ0) is 7.56. The second-order valence-corrected chi connectivity index (χ2v) is 2.23. The topological polar surface area (TPSA) is 43.1 Å². The molecule has 1 aromatic carbocycles. The summed E-state index contributed by atoms with van der Waals surface area (Å²) >= 11 is 0. The normalized spacial score (nSPS) is 9.30. The van der Waals surface area contributed by atoms with Crippen LogP contribution in [0.2, 0.25) is 0 Å². The highest BCUT2D eigenvalue weighted by Crippen LogP contribution is 1.96. The lowest BCUT2D eigenvalue weighted by Gasteiger charge is -1.82. The van der Waals surface area contributed by atoms with E-state index in [0.29, 0.717) is 5.69 Å². The van der Waals surface area contributed by atoms with Crippen LogP contribution >= 0.6 is 0 Å². The second kappa shape index (κ2) is 2.52. The molecule has 0 aromatic heterocycles. The average Bonchev–Trinajstić information content (AvgIpc) is 1.96. The number of aryl methyl sites for hydroxylation is 1. The Labute approximate surface area is 59.3 Å². The summed E-state index contributed by atoms with van der Waals surface area (Å²) in [6.45, 7) is 1.90. The molecule has 0 fully saturated rings. The quantitative estimate of drug-likeness (QED) is 0.575. The van der Waals surface area contributed by atoms with Crippen molar-refractivity contribution in [1.29, 1.82) is 0 Å². The Balaban J connectivity index is 3.46. The molecule has 0 heterocycles. The molecule has 0 amide bonds. The minimum absolute atomic E-state index is 0.117. The third kappa shape index (κ3) is 1.35. The Morgan fingerprint density at radius 2 is 2.10 bits per heavy atom. The largest absolute Gasteiger partial charge is 0.396 e. The minimum atomic E-state index is -0.117. The van der Waals surface area contributed by atoms with E-state index in [9.17, 15) is 4.79 Å². The van der Waals surface area contributed by atoms with Crippen molar-refractivity contribution in [3.05, 3.63) is 40.1 Å². The van der Waals surface area contributed by atoms with Gasteiger partial charge in [-0.25, -0.2) is 0 Å². The van der Waals surface area contributed by atoms with Crippen LogP contribution in [0.3, 0.4) is 0 Å². The molecule has 0 saturated heterocycles. The summed E-state index contributed by atoms with van der Waals surface area (Å²) in [4.78, 5) is 10.8. The summed E-state index contributed by atoms with van der Waals surface area (Å²) in [5.74, 6) is 0. The number of nitrogens with two attached hydrogens (primary N) is 1. The molecule has 1 rings (SSSR count). The van der Waals surface area contributed by atoms with E-state index < -0.39 is 0 Å². The van der Waals surface area contributed by atoms with Gasteiger partial charge in [-0.05, 0) is 24.6 Å². The van der Waals surface area contributed by atoms with Gasteiger partial charge in [-0.3, -0.25) is 4.79 Å². The molecule has 0 unspecified atom stereocenters. The van der Waals surface area contributed by atoms with Crippen molar-refractivity contribution in [2.24, 2.45) is 0 Å². The van der Waals surface area contributed by atoms with Crippen LogP contribution in [0, 0.1) is 6.92 Å². The summed E-state index contributed by atoms with van der Waals surface area (Å²) in [6, 6.07) is 6.68. The Morgan fingerprint density at radius 1 is 1.40 bits per heavy atom. The fraction of sp³-hybridized carbons (Fsp3) is 0.125. The van der Waals surface area contributed by atoms with Crippen LogP contribution < -0.4 is 11.2 Å². The first-order valence-corrected chi connectivity index (χ1v) is 3.06. The highest BCUT2D eigenvalue weighted by molar-refractivity contribution is 5.38. The second-order valence-electron chi connectivity index (χ2n) is 2.23. The predicted molar refractivity (Wildman–Crippen MR) is 41.9 cm³/mol. The smallest absolute Gasteiger partial charge is 0.201 e. The van der Waals surface area contributed by atoms with E-state index in [-0.39, 0.29) is 5.43 Å². The van der Waals surface area contributed by atoms with E-state index in [1.165, 1.54) is 6.07 Å². The first-order chi connectivity index (χ1) is 4.70. The molecular formula is C8H9NO. The predicted octanol–water partition coefficient (Wildman–Crippen LogP) is 0.937. The Hall–Kier alpha value is -1.31. The highest BCUT2D eigenvalue weighted by atomic mass is 16.1. The molecule has 0 aliphatic heterocycles. The molecule has 0 bridgehead atoms. The SMILES string of the molecule is Cc1cccc(=O)c(N)c1. The van der Waals surface area contributed by atoms with Gasteiger partial charge >= 0.3 is 0 Å². The van der Waals surface area contributed by atoms with Crippen LogP contribution in [0.1, 0.15) is 5.56 Å². The lowest BCUT2D eigenvalue weighted by molar-refractivity contribution is 1.51. The van der Waals surface area contributed by atoms with E-state index in [0.717, 1.165) is 5.56 Å². The van der Waals surface area contributed by atoms with Gasteiger partial charge in [-0.1, -0.05) is 12.1 Å². The molecule has 2 heteroatoms. The van der Waals surface area contributed by atoms with Crippen molar-refractivity contribution >= 4 is 5.69 Å². The van der Waals surface area contributed by atoms with Crippen LogP contribution in [0.4, 0.5) is 5.69 Å². The zero-order valence-electron chi connectivity index (χ0n) is 5.79. The molecule has 0 radical (unpaired) electrons. The van der Waals surface area contributed by atoms with Crippen LogP contribution in [0.15, 0.2) is 29.1 Å². The first-order valence-electron chi connectivity index (χ1n) is 3.06. The minimum Gasteiger partial charge on any atom is -0.396 e. The maximum Gasteiger partial charge on any atom is 0.201 e. The standard InChI is InChI=1S/C8H9NO/c1-6-3-2-4-8(10)7(9)5-6/h2-5H,1H3,(H2,9,10). The molecule has 10 heavy (non-hydrogen) atoms. The van der Waals surface area contributed by atoms with Crippen molar-refractivity contribution in [3.8, 4) is 0 Å². The van der Waals surface area contributed by atoms with Gasteiger partial charge in [0.1, 0.15) is 0 Å². The average molecular weight is 135 g/mol. The third-order valence-corrected chi connectivity index (χ3v) is 1.27. The first kappa shape index (κ1) is 6.81. The van der Waals surface area contributed by atoms with E-state index in [1.807, 2.05) is 13.0 Å². The van der Waals surface area contributed by atoms with Gasteiger partial charge in [0.25, 0.3) is 0 Å². The molecule has 0 spiro atoms. The molecule has 2 nitrogen and oxygen atoms in total. The number of nitrogen functional groups attached to an aromatic ring is 1. The maximum atomic E-state index is 10.8. The molecule has 0 saturated carbocycles. The fourth-order valence-electron chi connectivity index (χ4n) is 0.748. The van der Waals surface area contributed by atoms with Crippen molar-refractivity contribution in [1.82, 2.24) is 0 Å². The summed E-state index contributed by atoms with van der Waals surface area (Å²) < 4.78 is 0. The number of rotatable bonds is 0. The van der Waals surface area contributed by atoms with Crippen LogP contribution in [-0.2, 0) is 0 Å². The molecule has 2 N–H and O–H groups in total. The van der Waals surface area contributed by atoms with Crippen molar-refractivity contribution in [2.75, 3.05) is 5.73 Å². The van der Waals surface area contributed by atoms with Gasteiger partial charge < -0.3 is 5.73 Å². The molecule has 0 aliphatic rings. The summed E-state index contributed by atoms with van der Waals surface area (Å²) in [5, 5.41) is 0. The van der Waals surface area contributed by atoms with Crippen LogP contribution in [0.5, 0.6) is 0 Å². The third-order valence-electron chi connectivity index (χ3n) is 1.27. The lowest BCUT2D eigenvalue weighted by Crippen LogP contribution is -2.01. The number of hydrogen-bond donors (Lipinski definition) is 1. The van der Waals surface area contributed by atoms with Gasteiger partial charge in [0.15, 0.2) is 0 Å². The van der Waals surface area contributed by atoms with Gasteiger partial charge in [0.2, 0.25) is 5.43 Å². The zero-order valence-corrected chi connectivity index (χ0v) is 5.79. The van der Waals surface area contributed by atoms with Crippen molar-refractivity contribution < 1.29 is 0 Å².